The van der Waals surface area contributed by atoms with Gasteiger partial charge in [0.1, 0.15) is 5.75 Å². The maximum absolute atomic E-state index is 10.7. The number of halogens is 1. The molecule has 2 aromatic carbocycles. The molecule has 0 saturated heterocycles. The molecule has 98 valence electrons. The molecule has 0 bridgehead atoms. The van der Waals surface area contributed by atoms with Gasteiger partial charge in [-0.3, -0.25) is 0 Å². The molecule has 0 aromatic heterocycles. The minimum Gasteiger partial charge on any atom is -0.508 e. The lowest BCUT2D eigenvalue weighted by atomic mass is 10.1. The molecule has 0 heterocycles. The number of carboxylic acids is 1. The Labute approximate surface area is 115 Å². The molecule has 0 amide bonds. The number of aromatic hydroxyl groups is 1. The number of phenols is 1. The lowest BCUT2D eigenvalue weighted by Crippen LogP contribution is -2.01. The zero-order valence-corrected chi connectivity index (χ0v) is 10.7. The van der Waals surface area contributed by atoms with Crippen molar-refractivity contribution >= 4 is 23.3 Å². The maximum atomic E-state index is 10.7. The predicted octanol–water partition coefficient (Wildman–Crippen LogP) is 3.36. The number of anilines is 1. The number of carbonyl (C=O) groups is 1. The van der Waals surface area contributed by atoms with Crippen LogP contribution in [0.4, 0.5) is 5.69 Å². The van der Waals surface area contributed by atoms with Crippen molar-refractivity contribution in [1.29, 1.82) is 0 Å². The van der Waals surface area contributed by atoms with Crippen LogP contribution in [0, 0.1) is 0 Å². The fourth-order valence-corrected chi connectivity index (χ4v) is 1.88. The van der Waals surface area contributed by atoms with Gasteiger partial charge in [0.25, 0.3) is 0 Å². The van der Waals surface area contributed by atoms with E-state index in [0.29, 0.717) is 17.1 Å². The Balaban J connectivity index is 2.08. The van der Waals surface area contributed by atoms with Gasteiger partial charge in [-0.2, -0.15) is 0 Å². The molecule has 0 aliphatic heterocycles. The van der Waals surface area contributed by atoms with Gasteiger partial charge >= 0.3 is 5.97 Å². The van der Waals surface area contributed by atoms with Crippen molar-refractivity contribution in [3.63, 3.8) is 0 Å². The molecule has 0 fully saturated rings. The van der Waals surface area contributed by atoms with Gasteiger partial charge < -0.3 is 15.5 Å². The van der Waals surface area contributed by atoms with Crippen molar-refractivity contribution in [3.8, 4) is 5.75 Å². The average molecular weight is 278 g/mol. The van der Waals surface area contributed by atoms with Crippen molar-refractivity contribution < 1.29 is 15.0 Å². The smallest absolute Gasteiger partial charge is 0.335 e. The van der Waals surface area contributed by atoms with Crippen LogP contribution >= 0.6 is 11.6 Å². The Morgan fingerprint density at radius 3 is 2.42 bits per heavy atom. The van der Waals surface area contributed by atoms with Crippen molar-refractivity contribution in [2.24, 2.45) is 0 Å². The molecular weight excluding hydrogens is 266 g/mol. The summed E-state index contributed by atoms with van der Waals surface area (Å²) in [4.78, 5) is 10.7. The molecule has 0 atom stereocenters. The van der Waals surface area contributed by atoms with Crippen LogP contribution in [0.2, 0.25) is 5.02 Å². The monoisotopic (exact) mass is 277 g/mol. The SMILES string of the molecule is O=C(O)c1ccc(NCc2c(O)cccc2Cl)cc1. The summed E-state index contributed by atoms with van der Waals surface area (Å²) in [7, 11) is 0. The van der Waals surface area contributed by atoms with E-state index in [4.69, 9.17) is 16.7 Å². The Morgan fingerprint density at radius 1 is 1.16 bits per heavy atom. The van der Waals surface area contributed by atoms with Crippen LogP contribution in [-0.4, -0.2) is 16.2 Å². The van der Waals surface area contributed by atoms with Gasteiger partial charge in [0.15, 0.2) is 0 Å². The van der Waals surface area contributed by atoms with Gasteiger partial charge in [0.05, 0.1) is 5.56 Å². The van der Waals surface area contributed by atoms with Gasteiger partial charge in [0, 0.05) is 22.8 Å². The largest absolute Gasteiger partial charge is 0.508 e. The summed E-state index contributed by atoms with van der Waals surface area (Å²) >= 11 is 5.98. The van der Waals surface area contributed by atoms with Crippen molar-refractivity contribution in [3.05, 3.63) is 58.6 Å². The Kier molecular flexibility index (Phi) is 3.92. The van der Waals surface area contributed by atoms with E-state index < -0.39 is 5.97 Å². The molecule has 0 radical (unpaired) electrons. The maximum Gasteiger partial charge on any atom is 0.335 e. The highest BCUT2D eigenvalue weighted by atomic mass is 35.5. The summed E-state index contributed by atoms with van der Waals surface area (Å²) in [6, 6.07) is 11.3. The predicted molar refractivity (Wildman–Crippen MR) is 73.8 cm³/mol. The molecule has 5 heteroatoms. The van der Waals surface area contributed by atoms with Crippen LogP contribution in [-0.2, 0) is 6.54 Å². The van der Waals surface area contributed by atoms with Crippen molar-refractivity contribution in [2.75, 3.05) is 5.32 Å². The normalized spacial score (nSPS) is 10.2. The summed E-state index contributed by atoms with van der Waals surface area (Å²) in [5.41, 5.74) is 1.59. The van der Waals surface area contributed by atoms with E-state index in [-0.39, 0.29) is 11.3 Å². The minimum atomic E-state index is -0.963. The van der Waals surface area contributed by atoms with Crippen LogP contribution in [0.1, 0.15) is 15.9 Å². The average Bonchev–Trinajstić information content (AvgIpc) is 2.38. The molecule has 4 nitrogen and oxygen atoms in total. The molecule has 0 spiro atoms. The quantitative estimate of drug-likeness (QED) is 0.801. The topological polar surface area (TPSA) is 69.6 Å². The summed E-state index contributed by atoms with van der Waals surface area (Å²) in [5.74, 6) is -0.836. The third-order valence-corrected chi connectivity index (χ3v) is 3.05. The number of phenolic OH excluding ortho intramolecular Hbond substituents is 1. The highest BCUT2D eigenvalue weighted by Gasteiger charge is 2.06. The molecular formula is C14H12ClNO3. The zero-order valence-electron chi connectivity index (χ0n) is 9.93. The van der Waals surface area contributed by atoms with E-state index in [1.54, 1.807) is 30.3 Å². The molecule has 0 aliphatic rings. The molecule has 2 rings (SSSR count). The van der Waals surface area contributed by atoms with Crippen molar-refractivity contribution in [2.45, 2.75) is 6.54 Å². The second-order valence-electron chi connectivity index (χ2n) is 3.97. The lowest BCUT2D eigenvalue weighted by Gasteiger charge is -2.10. The van der Waals surface area contributed by atoms with Crippen molar-refractivity contribution in [1.82, 2.24) is 0 Å². The second kappa shape index (κ2) is 5.63. The molecule has 3 N–H and O–H groups in total. The Bertz CT molecular complexity index is 576. The van der Waals surface area contributed by atoms with Gasteiger partial charge in [-0.1, -0.05) is 17.7 Å². The van der Waals surface area contributed by atoms with Gasteiger partial charge in [-0.05, 0) is 36.4 Å². The van der Waals surface area contributed by atoms with E-state index in [1.165, 1.54) is 12.1 Å². The van der Waals surface area contributed by atoms with E-state index >= 15 is 0 Å². The number of hydrogen-bond acceptors (Lipinski definition) is 3. The highest BCUT2D eigenvalue weighted by Crippen LogP contribution is 2.26. The van der Waals surface area contributed by atoms with Crippen LogP contribution in [0.25, 0.3) is 0 Å². The van der Waals surface area contributed by atoms with Gasteiger partial charge in [0.2, 0.25) is 0 Å². The third kappa shape index (κ3) is 3.17. The first-order chi connectivity index (χ1) is 9.08. The first kappa shape index (κ1) is 13.2. The fraction of sp³-hybridized carbons (Fsp3) is 0.0714. The zero-order chi connectivity index (χ0) is 13.8. The molecule has 0 unspecified atom stereocenters. The lowest BCUT2D eigenvalue weighted by molar-refractivity contribution is 0.0697. The van der Waals surface area contributed by atoms with Crippen LogP contribution in [0.5, 0.6) is 5.75 Å². The first-order valence-electron chi connectivity index (χ1n) is 5.61. The minimum absolute atomic E-state index is 0.127. The number of benzene rings is 2. The summed E-state index contributed by atoms with van der Waals surface area (Å²) in [6.45, 7) is 0.359. The molecule has 0 aliphatic carbocycles. The van der Waals surface area contributed by atoms with Gasteiger partial charge in [-0.25, -0.2) is 4.79 Å². The standard InChI is InChI=1S/C14H12ClNO3/c15-12-2-1-3-13(17)11(12)8-16-10-6-4-9(5-7-10)14(18)19/h1-7,16-17H,8H2,(H,18,19). The number of hydrogen-bond donors (Lipinski definition) is 3. The molecule has 0 saturated carbocycles. The molecule has 19 heavy (non-hydrogen) atoms. The number of carboxylic acid groups (broad SMARTS) is 1. The number of rotatable bonds is 4. The van der Waals surface area contributed by atoms with E-state index in [1.807, 2.05) is 0 Å². The van der Waals surface area contributed by atoms with Crippen LogP contribution in [0.15, 0.2) is 42.5 Å². The molecule has 2 aromatic rings. The van der Waals surface area contributed by atoms with E-state index in [2.05, 4.69) is 5.32 Å². The summed E-state index contributed by atoms with van der Waals surface area (Å²) in [6.07, 6.45) is 0. The van der Waals surface area contributed by atoms with Crippen LogP contribution < -0.4 is 5.32 Å². The fourth-order valence-electron chi connectivity index (χ4n) is 1.64. The summed E-state index contributed by atoms with van der Waals surface area (Å²) in [5, 5.41) is 22.0. The van der Waals surface area contributed by atoms with Crippen LogP contribution in [0.3, 0.4) is 0 Å². The third-order valence-electron chi connectivity index (χ3n) is 2.70. The van der Waals surface area contributed by atoms with E-state index in [9.17, 15) is 9.90 Å². The van der Waals surface area contributed by atoms with E-state index in [0.717, 1.165) is 5.69 Å². The number of nitrogens with one attached hydrogen (secondary N) is 1. The highest BCUT2D eigenvalue weighted by molar-refractivity contribution is 6.31. The first-order valence-corrected chi connectivity index (χ1v) is 5.99. The Morgan fingerprint density at radius 2 is 1.84 bits per heavy atom. The Hall–Kier alpha value is -2.20. The number of aromatic carboxylic acids is 1. The van der Waals surface area contributed by atoms with Gasteiger partial charge in [-0.15, -0.1) is 0 Å². The second-order valence-corrected chi connectivity index (χ2v) is 4.38. The summed E-state index contributed by atoms with van der Waals surface area (Å²) < 4.78 is 0.